The van der Waals surface area contributed by atoms with Crippen molar-refractivity contribution in [3.8, 4) is 0 Å². The van der Waals surface area contributed by atoms with Gasteiger partial charge in [0.2, 0.25) is 0 Å². The predicted octanol–water partition coefficient (Wildman–Crippen LogP) is 3.23. The standard InChI is InChI=1S/C11H14ClN.ClH/c12-11-5-3-9(4-6-11)10-2-1-7-13-8-10;/h3-6,10,13H,1-2,7-8H2;1H. The number of piperidine rings is 1. The lowest BCUT2D eigenvalue weighted by atomic mass is 9.92. The van der Waals surface area contributed by atoms with Crippen molar-refractivity contribution in [2.75, 3.05) is 13.1 Å². The minimum absolute atomic E-state index is 0. The monoisotopic (exact) mass is 231 g/mol. The smallest absolute Gasteiger partial charge is 0.0406 e. The second kappa shape index (κ2) is 5.59. The van der Waals surface area contributed by atoms with Crippen LogP contribution in [-0.2, 0) is 0 Å². The molecule has 1 heterocycles. The van der Waals surface area contributed by atoms with Crippen molar-refractivity contribution >= 4 is 24.0 Å². The molecule has 1 aromatic carbocycles. The summed E-state index contributed by atoms with van der Waals surface area (Å²) in [7, 11) is 0. The molecule has 0 bridgehead atoms. The Bertz CT molecular complexity index is 265. The van der Waals surface area contributed by atoms with Crippen molar-refractivity contribution < 1.29 is 0 Å². The topological polar surface area (TPSA) is 12.0 Å². The van der Waals surface area contributed by atoms with Crippen LogP contribution < -0.4 is 5.32 Å². The lowest BCUT2D eigenvalue weighted by Gasteiger charge is -2.22. The molecule has 1 aliphatic heterocycles. The summed E-state index contributed by atoms with van der Waals surface area (Å²) < 4.78 is 0. The van der Waals surface area contributed by atoms with E-state index in [0.717, 1.165) is 11.6 Å². The van der Waals surface area contributed by atoms with E-state index in [1.54, 1.807) is 0 Å². The van der Waals surface area contributed by atoms with E-state index < -0.39 is 0 Å². The first-order valence-corrected chi connectivity index (χ1v) is 5.20. The number of hydrogen-bond acceptors (Lipinski definition) is 1. The van der Waals surface area contributed by atoms with Crippen molar-refractivity contribution in [3.05, 3.63) is 34.9 Å². The zero-order chi connectivity index (χ0) is 9.10. The van der Waals surface area contributed by atoms with Gasteiger partial charge in [0.05, 0.1) is 0 Å². The van der Waals surface area contributed by atoms with Gasteiger partial charge in [-0.05, 0) is 43.0 Å². The van der Waals surface area contributed by atoms with E-state index in [1.807, 2.05) is 12.1 Å². The van der Waals surface area contributed by atoms with E-state index in [2.05, 4.69) is 17.4 Å². The predicted molar refractivity (Wildman–Crippen MR) is 63.5 cm³/mol. The van der Waals surface area contributed by atoms with Gasteiger partial charge >= 0.3 is 0 Å². The molecule has 0 saturated carbocycles. The SMILES string of the molecule is Cl.Clc1ccc(C2CCCNC2)cc1. The minimum atomic E-state index is 0. The molecule has 78 valence electrons. The van der Waals surface area contributed by atoms with Crippen LogP contribution in [0.4, 0.5) is 0 Å². The van der Waals surface area contributed by atoms with Crippen molar-refractivity contribution in [3.63, 3.8) is 0 Å². The maximum absolute atomic E-state index is 5.83. The van der Waals surface area contributed by atoms with Crippen molar-refractivity contribution in [1.29, 1.82) is 0 Å². The van der Waals surface area contributed by atoms with Gasteiger partial charge in [-0.1, -0.05) is 23.7 Å². The van der Waals surface area contributed by atoms with Gasteiger partial charge < -0.3 is 5.32 Å². The maximum Gasteiger partial charge on any atom is 0.0406 e. The highest BCUT2D eigenvalue weighted by molar-refractivity contribution is 6.30. The summed E-state index contributed by atoms with van der Waals surface area (Å²) in [4.78, 5) is 0. The van der Waals surface area contributed by atoms with Gasteiger partial charge in [-0.2, -0.15) is 0 Å². The fourth-order valence-electron chi connectivity index (χ4n) is 1.87. The third kappa shape index (κ3) is 2.88. The van der Waals surface area contributed by atoms with Gasteiger partial charge in [-0.3, -0.25) is 0 Å². The van der Waals surface area contributed by atoms with E-state index in [4.69, 9.17) is 11.6 Å². The first kappa shape index (κ1) is 11.8. The summed E-state index contributed by atoms with van der Waals surface area (Å²) in [5, 5.41) is 4.24. The first-order valence-electron chi connectivity index (χ1n) is 4.82. The molecule has 1 nitrogen and oxygen atoms in total. The highest BCUT2D eigenvalue weighted by Crippen LogP contribution is 2.24. The van der Waals surface area contributed by atoms with Gasteiger partial charge in [0.15, 0.2) is 0 Å². The Balaban J connectivity index is 0.000000980. The number of nitrogens with one attached hydrogen (secondary N) is 1. The van der Waals surface area contributed by atoms with Crippen LogP contribution in [0.15, 0.2) is 24.3 Å². The van der Waals surface area contributed by atoms with Crippen LogP contribution in [0, 0.1) is 0 Å². The summed E-state index contributed by atoms with van der Waals surface area (Å²) in [5.74, 6) is 0.686. The third-order valence-electron chi connectivity index (χ3n) is 2.64. The Kier molecular flexibility index (Phi) is 4.73. The van der Waals surface area contributed by atoms with Gasteiger partial charge in [0, 0.05) is 11.6 Å². The van der Waals surface area contributed by atoms with E-state index in [1.165, 1.54) is 24.9 Å². The largest absolute Gasteiger partial charge is 0.316 e. The minimum Gasteiger partial charge on any atom is -0.316 e. The fraction of sp³-hybridized carbons (Fsp3) is 0.455. The number of hydrogen-bond donors (Lipinski definition) is 1. The molecule has 1 fully saturated rings. The Morgan fingerprint density at radius 3 is 2.50 bits per heavy atom. The Labute approximate surface area is 96.3 Å². The van der Waals surface area contributed by atoms with Crippen LogP contribution in [0.3, 0.4) is 0 Å². The molecule has 0 aliphatic carbocycles. The third-order valence-corrected chi connectivity index (χ3v) is 2.89. The van der Waals surface area contributed by atoms with Gasteiger partial charge in [-0.25, -0.2) is 0 Å². The van der Waals surface area contributed by atoms with Crippen LogP contribution in [-0.4, -0.2) is 13.1 Å². The van der Waals surface area contributed by atoms with Crippen molar-refractivity contribution in [1.82, 2.24) is 5.32 Å². The number of rotatable bonds is 1. The molecule has 2 rings (SSSR count). The Morgan fingerprint density at radius 2 is 1.93 bits per heavy atom. The highest BCUT2D eigenvalue weighted by atomic mass is 35.5. The zero-order valence-electron chi connectivity index (χ0n) is 8.00. The summed E-state index contributed by atoms with van der Waals surface area (Å²) in [6.45, 7) is 2.28. The van der Waals surface area contributed by atoms with Crippen LogP contribution in [0.1, 0.15) is 24.3 Å². The molecule has 0 aromatic heterocycles. The second-order valence-electron chi connectivity index (χ2n) is 3.59. The number of benzene rings is 1. The highest BCUT2D eigenvalue weighted by Gasteiger charge is 2.14. The van der Waals surface area contributed by atoms with Gasteiger partial charge in [0.1, 0.15) is 0 Å². The Hall–Kier alpha value is -0.240. The fourth-order valence-corrected chi connectivity index (χ4v) is 2.00. The molecule has 1 unspecified atom stereocenters. The maximum atomic E-state index is 5.83. The molecule has 0 spiro atoms. The molecule has 1 atom stereocenters. The average molecular weight is 232 g/mol. The molecule has 14 heavy (non-hydrogen) atoms. The molecular formula is C11H15Cl2N. The van der Waals surface area contributed by atoms with Crippen LogP contribution in [0.2, 0.25) is 5.02 Å². The molecule has 1 N–H and O–H groups in total. The van der Waals surface area contributed by atoms with Crippen LogP contribution >= 0.6 is 24.0 Å². The first-order chi connectivity index (χ1) is 6.36. The lowest BCUT2D eigenvalue weighted by Crippen LogP contribution is -2.28. The summed E-state index contributed by atoms with van der Waals surface area (Å²) in [6.07, 6.45) is 2.59. The molecule has 1 aromatic rings. The quantitative estimate of drug-likeness (QED) is 0.783. The normalized spacial score (nSPS) is 21.4. The van der Waals surface area contributed by atoms with E-state index in [-0.39, 0.29) is 12.4 Å². The van der Waals surface area contributed by atoms with Gasteiger partial charge in [-0.15, -0.1) is 12.4 Å². The van der Waals surface area contributed by atoms with Crippen LogP contribution in [0.5, 0.6) is 0 Å². The van der Waals surface area contributed by atoms with Crippen molar-refractivity contribution in [2.45, 2.75) is 18.8 Å². The second-order valence-corrected chi connectivity index (χ2v) is 4.03. The summed E-state index contributed by atoms with van der Waals surface area (Å²) in [5.41, 5.74) is 1.41. The summed E-state index contributed by atoms with van der Waals surface area (Å²) >= 11 is 5.83. The average Bonchev–Trinajstić information content (AvgIpc) is 2.20. The van der Waals surface area contributed by atoms with E-state index in [0.29, 0.717) is 5.92 Å². The molecule has 1 aliphatic rings. The Morgan fingerprint density at radius 1 is 1.21 bits per heavy atom. The molecule has 3 heteroatoms. The molecular weight excluding hydrogens is 217 g/mol. The summed E-state index contributed by atoms with van der Waals surface area (Å²) in [6, 6.07) is 8.23. The molecule has 0 amide bonds. The van der Waals surface area contributed by atoms with Crippen LogP contribution in [0.25, 0.3) is 0 Å². The molecule has 1 saturated heterocycles. The van der Waals surface area contributed by atoms with Gasteiger partial charge in [0.25, 0.3) is 0 Å². The van der Waals surface area contributed by atoms with E-state index in [9.17, 15) is 0 Å². The van der Waals surface area contributed by atoms with Crippen molar-refractivity contribution in [2.24, 2.45) is 0 Å². The zero-order valence-corrected chi connectivity index (χ0v) is 9.57. The van der Waals surface area contributed by atoms with E-state index >= 15 is 0 Å². The number of halogens is 2. The molecule has 0 radical (unpaired) electrons. The lowest BCUT2D eigenvalue weighted by molar-refractivity contribution is 0.461.